The van der Waals surface area contributed by atoms with Crippen molar-refractivity contribution in [3.8, 4) is 0 Å². The second kappa shape index (κ2) is 4.63. The standard InChI is InChI=1S/C12H23NO/c14-12(7-3-1-4-8-12)11-13-9-5-2-6-10-13/h14H,1-11H2. The Hall–Kier alpha value is -0.0800. The lowest BCUT2D eigenvalue weighted by molar-refractivity contribution is -0.0296. The number of hydrogen-bond acceptors (Lipinski definition) is 2. The highest BCUT2D eigenvalue weighted by molar-refractivity contribution is 4.86. The third-order valence-corrected chi connectivity index (χ3v) is 3.75. The molecule has 1 N–H and O–H groups in total. The van der Waals surface area contributed by atoms with Crippen LogP contribution in [-0.4, -0.2) is 35.2 Å². The maximum absolute atomic E-state index is 10.4. The molecule has 2 aliphatic rings. The van der Waals surface area contributed by atoms with Crippen molar-refractivity contribution in [2.45, 2.75) is 57.0 Å². The summed E-state index contributed by atoms with van der Waals surface area (Å²) in [5.74, 6) is 0. The van der Waals surface area contributed by atoms with E-state index in [4.69, 9.17) is 0 Å². The van der Waals surface area contributed by atoms with Crippen LogP contribution in [0.15, 0.2) is 0 Å². The lowest BCUT2D eigenvalue weighted by atomic mass is 9.84. The molecule has 0 amide bonds. The second-order valence-electron chi connectivity index (χ2n) is 5.12. The number of hydrogen-bond donors (Lipinski definition) is 1. The van der Waals surface area contributed by atoms with Crippen LogP contribution < -0.4 is 0 Å². The van der Waals surface area contributed by atoms with E-state index in [0.717, 1.165) is 19.4 Å². The third-order valence-electron chi connectivity index (χ3n) is 3.75. The summed E-state index contributed by atoms with van der Waals surface area (Å²) in [5.41, 5.74) is -0.338. The van der Waals surface area contributed by atoms with Crippen LogP contribution in [0, 0.1) is 0 Å². The van der Waals surface area contributed by atoms with Crippen LogP contribution in [0.4, 0.5) is 0 Å². The van der Waals surface area contributed by atoms with Crippen LogP contribution in [0.3, 0.4) is 0 Å². The molecule has 1 heterocycles. The quantitative estimate of drug-likeness (QED) is 0.733. The van der Waals surface area contributed by atoms with Crippen molar-refractivity contribution < 1.29 is 5.11 Å². The van der Waals surface area contributed by atoms with Gasteiger partial charge in [-0.1, -0.05) is 25.7 Å². The SMILES string of the molecule is OC1(CN2CCCCC2)CCCCC1. The van der Waals surface area contributed by atoms with Crippen LogP contribution in [0.1, 0.15) is 51.4 Å². The van der Waals surface area contributed by atoms with Crippen molar-refractivity contribution in [2.75, 3.05) is 19.6 Å². The topological polar surface area (TPSA) is 23.5 Å². The molecule has 2 nitrogen and oxygen atoms in total. The monoisotopic (exact) mass is 197 g/mol. The van der Waals surface area contributed by atoms with E-state index in [2.05, 4.69) is 4.90 Å². The number of likely N-dealkylation sites (tertiary alicyclic amines) is 1. The molecule has 0 spiro atoms. The van der Waals surface area contributed by atoms with Gasteiger partial charge < -0.3 is 10.0 Å². The van der Waals surface area contributed by atoms with E-state index >= 15 is 0 Å². The summed E-state index contributed by atoms with van der Waals surface area (Å²) in [6.07, 6.45) is 9.88. The Morgan fingerprint density at radius 3 is 2.07 bits per heavy atom. The van der Waals surface area contributed by atoms with Gasteiger partial charge in [0.25, 0.3) is 0 Å². The van der Waals surface area contributed by atoms with Crippen molar-refractivity contribution in [3.63, 3.8) is 0 Å². The van der Waals surface area contributed by atoms with Crippen molar-refractivity contribution in [1.82, 2.24) is 4.90 Å². The summed E-state index contributed by atoms with van der Waals surface area (Å²) in [5, 5.41) is 10.4. The molecule has 0 aromatic heterocycles. The fraction of sp³-hybridized carbons (Fsp3) is 1.00. The third kappa shape index (κ3) is 2.71. The summed E-state index contributed by atoms with van der Waals surface area (Å²) < 4.78 is 0. The van der Waals surface area contributed by atoms with Gasteiger partial charge in [-0.3, -0.25) is 0 Å². The Balaban J connectivity index is 1.81. The molecule has 14 heavy (non-hydrogen) atoms. The van der Waals surface area contributed by atoms with Gasteiger partial charge >= 0.3 is 0 Å². The largest absolute Gasteiger partial charge is 0.389 e. The zero-order valence-electron chi connectivity index (χ0n) is 9.17. The van der Waals surface area contributed by atoms with Gasteiger partial charge in [-0.2, -0.15) is 0 Å². The molecule has 1 aliphatic carbocycles. The summed E-state index contributed by atoms with van der Waals surface area (Å²) in [7, 11) is 0. The van der Waals surface area contributed by atoms with Crippen molar-refractivity contribution >= 4 is 0 Å². The maximum atomic E-state index is 10.4. The van der Waals surface area contributed by atoms with Gasteiger partial charge in [-0.05, 0) is 38.8 Å². The van der Waals surface area contributed by atoms with E-state index in [0.29, 0.717) is 0 Å². The zero-order chi connectivity index (χ0) is 9.86. The van der Waals surface area contributed by atoms with Crippen molar-refractivity contribution in [1.29, 1.82) is 0 Å². The van der Waals surface area contributed by atoms with Crippen molar-refractivity contribution in [3.05, 3.63) is 0 Å². The van der Waals surface area contributed by atoms with Gasteiger partial charge in [0.15, 0.2) is 0 Å². The molecule has 0 unspecified atom stereocenters. The number of β-amino-alcohol motifs (C(OH)–C–C–N with tert-alkyl or cyclic N) is 1. The molecule has 0 atom stereocenters. The van der Waals surface area contributed by atoms with Crippen LogP contribution >= 0.6 is 0 Å². The summed E-state index contributed by atoms with van der Waals surface area (Å²) in [6, 6.07) is 0. The van der Waals surface area contributed by atoms with E-state index in [1.54, 1.807) is 0 Å². The highest BCUT2D eigenvalue weighted by Crippen LogP contribution is 2.29. The fourth-order valence-electron chi connectivity index (χ4n) is 2.90. The molecule has 1 aliphatic heterocycles. The molecule has 1 saturated heterocycles. The molecule has 0 aromatic rings. The molecule has 82 valence electrons. The Labute approximate surface area is 87.3 Å². The molecule has 2 heteroatoms. The highest BCUT2D eigenvalue weighted by Gasteiger charge is 2.31. The van der Waals surface area contributed by atoms with E-state index in [-0.39, 0.29) is 5.60 Å². The highest BCUT2D eigenvalue weighted by atomic mass is 16.3. The number of nitrogens with zero attached hydrogens (tertiary/aromatic N) is 1. The minimum Gasteiger partial charge on any atom is -0.389 e. The molecule has 0 bridgehead atoms. The van der Waals surface area contributed by atoms with Crippen LogP contribution in [0.5, 0.6) is 0 Å². The molecular weight excluding hydrogens is 174 g/mol. The fourth-order valence-corrected chi connectivity index (χ4v) is 2.90. The van der Waals surface area contributed by atoms with Gasteiger partial charge in [-0.25, -0.2) is 0 Å². The van der Waals surface area contributed by atoms with Crippen molar-refractivity contribution in [2.24, 2.45) is 0 Å². The van der Waals surface area contributed by atoms with Crippen LogP contribution in [-0.2, 0) is 0 Å². The Morgan fingerprint density at radius 1 is 0.857 bits per heavy atom. The van der Waals surface area contributed by atoms with Gasteiger partial charge in [0.05, 0.1) is 5.60 Å². The maximum Gasteiger partial charge on any atom is 0.0774 e. The Morgan fingerprint density at radius 2 is 1.43 bits per heavy atom. The normalized spacial score (nSPS) is 28.9. The Kier molecular flexibility index (Phi) is 3.45. The van der Waals surface area contributed by atoms with Crippen LogP contribution in [0.2, 0.25) is 0 Å². The average Bonchev–Trinajstić information content (AvgIpc) is 2.19. The smallest absolute Gasteiger partial charge is 0.0774 e. The lowest BCUT2D eigenvalue weighted by Gasteiger charge is -2.38. The number of piperidine rings is 1. The lowest BCUT2D eigenvalue weighted by Crippen LogP contribution is -2.46. The van der Waals surface area contributed by atoms with Gasteiger partial charge in [-0.15, -0.1) is 0 Å². The van der Waals surface area contributed by atoms with Crippen LogP contribution in [0.25, 0.3) is 0 Å². The van der Waals surface area contributed by atoms with E-state index in [9.17, 15) is 5.11 Å². The average molecular weight is 197 g/mol. The molecule has 0 radical (unpaired) electrons. The first kappa shape index (κ1) is 10.4. The molecular formula is C12H23NO. The van der Waals surface area contributed by atoms with Gasteiger partial charge in [0.1, 0.15) is 0 Å². The minimum atomic E-state index is -0.338. The van der Waals surface area contributed by atoms with E-state index < -0.39 is 0 Å². The molecule has 1 saturated carbocycles. The summed E-state index contributed by atoms with van der Waals surface area (Å²) in [4.78, 5) is 2.47. The van der Waals surface area contributed by atoms with Gasteiger partial charge in [0.2, 0.25) is 0 Å². The summed E-state index contributed by atoms with van der Waals surface area (Å²) in [6.45, 7) is 3.36. The first-order chi connectivity index (χ1) is 6.79. The predicted molar refractivity (Wildman–Crippen MR) is 58.3 cm³/mol. The summed E-state index contributed by atoms with van der Waals surface area (Å²) >= 11 is 0. The second-order valence-corrected chi connectivity index (χ2v) is 5.12. The van der Waals surface area contributed by atoms with E-state index in [1.807, 2.05) is 0 Å². The van der Waals surface area contributed by atoms with E-state index in [1.165, 1.54) is 51.6 Å². The first-order valence-electron chi connectivity index (χ1n) is 6.23. The first-order valence-corrected chi connectivity index (χ1v) is 6.23. The molecule has 0 aromatic carbocycles. The Bertz CT molecular complexity index is 169. The molecule has 2 fully saturated rings. The number of aliphatic hydroxyl groups is 1. The molecule has 2 rings (SSSR count). The van der Waals surface area contributed by atoms with Gasteiger partial charge in [0, 0.05) is 6.54 Å². The zero-order valence-corrected chi connectivity index (χ0v) is 9.17. The predicted octanol–water partition coefficient (Wildman–Crippen LogP) is 2.17. The minimum absolute atomic E-state index is 0.338. The number of rotatable bonds is 2.